The van der Waals surface area contributed by atoms with Gasteiger partial charge >= 0.3 is 19.8 Å². The van der Waals surface area contributed by atoms with E-state index in [0.29, 0.717) is 25.7 Å². The van der Waals surface area contributed by atoms with Crippen molar-refractivity contribution >= 4 is 25.5 Å². The number of ether oxygens (including phenoxy) is 2. The number of aliphatic hydroxyl groups excluding tert-OH is 3. The molecule has 0 saturated heterocycles. The Kier molecular flexibility index (Phi) is 31.5. The molecule has 0 aromatic heterocycles. The fraction of sp³-hybridized carbons (Fsp3) is 0.837. The predicted molar refractivity (Wildman–Crippen MR) is 222 cm³/mol. The lowest BCUT2D eigenvalue weighted by molar-refractivity contribution is -0.161. The van der Waals surface area contributed by atoms with Crippen LogP contribution in [0, 0.1) is 11.8 Å². The molecule has 332 valence electrons. The summed E-state index contributed by atoms with van der Waals surface area (Å²) < 4.78 is 32.6. The Balaban J connectivity index is 2.43. The van der Waals surface area contributed by atoms with Crippen molar-refractivity contribution in [3.8, 4) is 0 Å². The molecule has 0 aromatic rings. The van der Waals surface area contributed by atoms with Crippen molar-refractivity contribution in [2.45, 2.75) is 192 Å². The second-order valence-corrected chi connectivity index (χ2v) is 17.0. The molecule has 0 radical (unpaired) electrons. The molecular weight excluding hydrogens is 753 g/mol. The average Bonchev–Trinajstić information content (AvgIpc) is 3.44. The second kappa shape index (κ2) is 33.8. The summed E-state index contributed by atoms with van der Waals surface area (Å²) in [5.74, 6) is -2.11. The van der Waals surface area contributed by atoms with Crippen LogP contribution in [0.1, 0.15) is 168 Å². The Morgan fingerprint density at radius 1 is 0.754 bits per heavy atom. The summed E-state index contributed by atoms with van der Waals surface area (Å²) in [4.78, 5) is 47.9. The largest absolute Gasteiger partial charge is 0.472 e. The van der Waals surface area contributed by atoms with E-state index in [0.717, 1.165) is 57.8 Å². The van der Waals surface area contributed by atoms with E-state index < -0.39 is 69.2 Å². The highest BCUT2D eigenvalue weighted by molar-refractivity contribution is 7.47. The van der Waals surface area contributed by atoms with E-state index in [9.17, 15) is 39.2 Å². The van der Waals surface area contributed by atoms with Crippen LogP contribution in [0.2, 0.25) is 0 Å². The van der Waals surface area contributed by atoms with Crippen LogP contribution in [0.4, 0.5) is 0 Å². The van der Waals surface area contributed by atoms with Gasteiger partial charge in [0.1, 0.15) is 12.4 Å². The van der Waals surface area contributed by atoms with Gasteiger partial charge < -0.3 is 35.4 Å². The summed E-state index contributed by atoms with van der Waals surface area (Å²) >= 11 is 0. The van der Waals surface area contributed by atoms with Gasteiger partial charge in [0.2, 0.25) is 0 Å². The van der Waals surface area contributed by atoms with E-state index in [-0.39, 0.29) is 51.0 Å². The number of rotatable bonds is 37. The maximum Gasteiger partial charge on any atom is 0.472 e. The Morgan fingerprint density at radius 3 is 2.00 bits per heavy atom. The fourth-order valence-corrected chi connectivity index (χ4v) is 7.68. The van der Waals surface area contributed by atoms with Gasteiger partial charge in [0.15, 0.2) is 6.10 Å². The molecular formula is C43H78NO12P. The standard InChI is InChI=1S/C43H78NO12P/c1-3-5-7-8-9-10-11-12-13-14-15-16-17-18-20-26-43(50)56-37(34-55-57(51,52)54-30-29-44)33-53-42(49)25-22-21-24-36(46)31-39-38(40(47)32-41(39)48)28-27-35(45)23-19-6-4-2/h12-13,27-28,35,37-41,45,47-48H,3-11,14-26,29-34,44H2,1-2H3,(H,51,52)/b13-12-,28-27+/t35-,37+,38+,39+,40+,41-/m0/s1. The molecule has 6 N–H and O–H groups in total. The smallest absolute Gasteiger partial charge is 0.462 e. The summed E-state index contributed by atoms with van der Waals surface area (Å²) in [7, 11) is -4.47. The number of ketones is 1. The summed E-state index contributed by atoms with van der Waals surface area (Å²) in [6, 6.07) is 0. The molecule has 0 aromatic carbocycles. The minimum absolute atomic E-state index is 0.000719. The van der Waals surface area contributed by atoms with Crippen molar-refractivity contribution in [1.29, 1.82) is 0 Å². The van der Waals surface area contributed by atoms with Crippen molar-refractivity contribution < 1.29 is 57.7 Å². The molecule has 0 spiro atoms. The zero-order valence-electron chi connectivity index (χ0n) is 35.2. The Bertz CT molecular complexity index is 1170. The molecule has 1 aliphatic rings. The molecule has 7 atom stereocenters. The monoisotopic (exact) mass is 832 g/mol. The van der Waals surface area contributed by atoms with Gasteiger partial charge in [-0.05, 0) is 51.4 Å². The molecule has 14 heteroatoms. The third-order valence-corrected chi connectivity index (χ3v) is 11.3. The van der Waals surface area contributed by atoms with Crippen LogP contribution in [-0.4, -0.2) is 88.7 Å². The fourth-order valence-electron chi connectivity index (χ4n) is 6.92. The van der Waals surface area contributed by atoms with Crippen LogP contribution >= 0.6 is 7.82 Å². The van der Waals surface area contributed by atoms with Crippen LogP contribution in [0.25, 0.3) is 0 Å². The molecule has 0 amide bonds. The molecule has 1 unspecified atom stereocenters. The molecule has 0 aliphatic heterocycles. The second-order valence-electron chi connectivity index (χ2n) is 15.5. The maximum absolute atomic E-state index is 12.8. The lowest BCUT2D eigenvalue weighted by atomic mass is 9.87. The highest BCUT2D eigenvalue weighted by Crippen LogP contribution is 2.43. The van der Waals surface area contributed by atoms with Crippen molar-refractivity contribution in [2.24, 2.45) is 17.6 Å². The molecule has 57 heavy (non-hydrogen) atoms. The van der Waals surface area contributed by atoms with Gasteiger partial charge in [-0.3, -0.25) is 23.4 Å². The zero-order valence-corrected chi connectivity index (χ0v) is 36.0. The summed E-state index contributed by atoms with van der Waals surface area (Å²) in [6.45, 7) is 3.18. The number of carbonyl (C=O) groups excluding carboxylic acids is 3. The molecule has 0 bridgehead atoms. The Hall–Kier alpha value is -1.96. The van der Waals surface area contributed by atoms with Crippen molar-refractivity contribution in [3.05, 3.63) is 24.3 Å². The third kappa shape index (κ3) is 28.2. The average molecular weight is 832 g/mol. The van der Waals surface area contributed by atoms with Gasteiger partial charge in [-0.15, -0.1) is 0 Å². The molecule has 1 saturated carbocycles. The van der Waals surface area contributed by atoms with Crippen molar-refractivity contribution in [3.63, 3.8) is 0 Å². The van der Waals surface area contributed by atoms with E-state index in [4.69, 9.17) is 24.3 Å². The van der Waals surface area contributed by atoms with E-state index in [2.05, 4.69) is 26.0 Å². The topological polar surface area (TPSA) is 212 Å². The van der Waals surface area contributed by atoms with E-state index in [1.54, 1.807) is 12.2 Å². The van der Waals surface area contributed by atoms with Gasteiger partial charge in [-0.25, -0.2) is 4.57 Å². The first-order valence-electron chi connectivity index (χ1n) is 22.0. The van der Waals surface area contributed by atoms with Gasteiger partial charge in [-0.1, -0.05) is 109 Å². The van der Waals surface area contributed by atoms with Crippen LogP contribution in [0.15, 0.2) is 24.3 Å². The van der Waals surface area contributed by atoms with Crippen LogP contribution in [0.3, 0.4) is 0 Å². The van der Waals surface area contributed by atoms with Gasteiger partial charge in [0.25, 0.3) is 0 Å². The van der Waals surface area contributed by atoms with Crippen molar-refractivity contribution in [2.75, 3.05) is 26.4 Å². The van der Waals surface area contributed by atoms with Gasteiger partial charge in [0.05, 0.1) is 31.5 Å². The molecule has 1 fully saturated rings. The first-order chi connectivity index (χ1) is 27.4. The van der Waals surface area contributed by atoms with E-state index in [1.807, 2.05) is 0 Å². The van der Waals surface area contributed by atoms with Gasteiger partial charge in [0, 0.05) is 50.5 Å². The summed E-state index contributed by atoms with van der Waals surface area (Å²) in [5, 5.41) is 31.3. The molecule has 1 rings (SSSR count). The minimum atomic E-state index is -4.47. The van der Waals surface area contributed by atoms with Crippen molar-refractivity contribution in [1.82, 2.24) is 0 Å². The lowest BCUT2D eigenvalue weighted by Gasteiger charge is -2.20. The molecule has 0 heterocycles. The lowest BCUT2D eigenvalue weighted by Crippen LogP contribution is -2.29. The van der Waals surface area contributed by atoms with Crippen LogP contribution < -0.4 is 5.73 Å². The SMILES string of the molecule is CCCCCCCC/C=C\CCCCCCCC(=O)O[C@H](COC(=O)CCCCC(=O)C[C@@H]1[C@@H](/C=C/[C@@H](O)CCCCC)[C@H](O)C[C@@H]1O)COP(=O)(O)OCCN. The number of phosphoric acid groups is 1. The first-order valence-corrected chi connectivity index (χ1v) is 23.5. The number of esters is 2. The maximum atomic E-state index is 12.8. The van der Waals surface area contributed by atoms with E-state index in [1.165, 1.54) is 38.5 Å². The Labute approximate surface area is 343 Å². The normalized spacial score (nSPS) is 20.5. The quantitative estimate of drug-likeness (QED) is 0.0174. The number of carbonyl (C=O) groups is 3. The van der Waals surface area contributed by atoms with E-state index >= 15 is 0 Å². The summed E-state index contributed by atoms with van der Waals surface area (Å²) in [6.07, 6.45) is 24.1. The van der Waals surface area contributed by atoms with Crippen LogP contribution in [0.5, 0.6) is 0 Å². The number of unbranched alkanes of at least 4 members (excludes halogenated alkanes) is 14. The number of hydrogen-bond donors (Lipinski definition) is 5. The zero-order chi connectivity index (χ0) is 42.2. The first kappa shape index (κ1) is 53.1. The number of aliphatic hydroxyl groups is 3. The third-order valence-electron chi connectivity index (χ3n) is 10.3. The van der Waals surface area contributed by atoms with Gasteiger partial charge in [-0.2, -0.15) is 0 Å². The molecule has 1 aliphatic carbocycles. The Morgan fingerprint density at radius 2 is 1.33 bits per heavy atom. The number of hydrogen-bond acceptors (Lipinski definition) is 12. The molecule has 13 nitrogen and oxygen atoms in total. The number of allylic oxidation sites excluding steroid dienone is 2. The number of Topliss-reactive ketones (excluding diaryl/α,β-unsaturated/α-hetero) is 1. The summed E-state index contributed by atoms with van der Waals surface area (Å²) in [5.41, 5.74) is 5.33. The number of phosphoric ester groups is 1. The highest BCUT2D eigenvalue weighted by Gasteiger charge is 2.41. The highest BCUT2D eigenvalue weighted by atomic mass is 31.2. The number of nitrogens with two attached hydrogens (primary N) is 1. The minimum Gasteiger partial charge on any atom is -0.462 e. The predicted octanol–water partition coefficient (Wildman–Crippen LogP) is 7.95. The van der Waals surface area contributed by atoms with Crippen LogP contribution in [-0.2, 0) is 37.5 Å².